The first kappa shape index (κ1) is 25.3. The van der Waals surface area contributed by atoms with E-state index in [2.05, 4.69) is 13.8 Å². The first-order chi connectivity index (χ1) is 14.6. The monoisotopic (exact) mass is 458 g/mol. The molecule has 0 saturated carbocycles. The molecule has 2 amide bonds. The molecule has 0 radical (unpaired) electrons. The largest absolute Gasteiger partial charge is 0.283 e. The van der Waals surface area contributed by atoms with Crippen LogP contribution in [0.15, 0.2) is 42.5 Å². The Kier molecular flexibility index (Phi) is 9.07. The van der Waals surface area contributed by atoms with Gasteiger partial charge in [0.05, 0.1) is 5.54 Å². The van der Waals surface area contributed by atoms with Gasteiger partial charge >= 0.3 is 0 Å². The third-order valence-electron chi connectivity index (χ3n) is 4.67. The van der Waals surface area contributed by atoms with Crippen LogP contribution in [0.4, 0.5) is 0 Å². The maximum Gasteiger partial charge on any atom is 0.283 e. The smallest absolute Gasteiger partial charge is 0.267 e. The zero-order valence-corrected chi connectivity index (χ0v) is 21.3. The lowest BCUT2D eigenvalue weighted by Gasteiger charge is -2.42. The minimum atomic E-state index is -0.590. The van der Waals surface area contributed by atoms with Gasteiger partial charge in [0.1, 0.15) is 0 Å². The Hall–Kier alpha value is -1.92. The second-order valence-corrected chi connectivity index (χ2v) is 11.0. The summed E-state index contributed by atoms with van der Waals surface area (Å²) in [5, 5.41) is 1.60. The maximum absolute atomic E-state index is 13.7. The highest BCUT2D eigenvalue weighted by atomic mass is 33.1. The van der Waals surface area contributed by atoms with Crippen molar-refractivity contribution in [2.45, 2.75) is 66.8 Å². The van der Waals surface area contributed by atoms with Crippen molar-refractivity contribution in [1.29, 1.82) is 0 Å². The van der Waals surface area contributed by atoms with Gasteiger partial charge in [-0.3, -0.25) is 9.59 Å². The predicted octanol–water partition coefficient (Wildman–Crippen LogP) is 6.87. The number of amides is 2. The van der Waals surface area contributed by atoms with Gasteiger partial charge in [-0.25, -0.2) is 5.01 Å². The molecular weight excluding hydrogens is 424 g/mol. The van der Waals surface area contributed by atoms with Crippen LogP contribution in [0.2, 0.25) is 0 Å². The van der Waals surface area contributed by atoms with Gasteiger partial charge in [0.2, 0.25) is 0 Å². The molecule has 0 aliphatic carbocycles. The number of benzene rings is 2. The van der Waals surface area contributed by atoms with E-state index in [9.17, 15) is 9.59 Å². The molecule has 0 unspecified atom stereocenters. The Labute approximate surface area is 195 Å². The lowest BCUT2D eigenvalue weighted by molar-refractivity contribution is 0.000514. The number of nitrogens with zero attached hydrogens (tertiary/aromatic N) is 2. The Balaban J connectivity index is 2.50. The fraction of sp³-hybridized carbons (Fsp3) is 0.440. The van der Waals surface area contributed by atoms with Crippen LogP contribution >= 0.6 is 21.8 Å². The molecule has 4 nitrogen and oxygen atoms in total. The molecule has 2 rings (SSSR count). The second kappa shape index (κ2) is 11.1. The first-order valence-electron chi connectivity index (χ1n) is 10.7. The van der Waals surface area contributed by atoms with Crippen LogP contribution in [0.1, 0.15) is 78.4 Å². The number of carbonyl (C=O) groups is 2. The number of hydrogen-bond acceptors (Lipinski definition) is 4. The number of aryl methyl sites for hydroxylation is 3. The Morgan fingerprint density at radius 3 is 1.94 bits per heavy atom. The van der Waals surface area contributed by atoms with E-state index in [1.54, 1.807) is 20.2 Å². The van der Waals surface area contributed by atoms with Crippen LogP contribution in [-0.4, -0.2) is 32.5 Å². The predicted molar refractivity (Wildman–Crippen MR) is 134 cm³/mol. The SMILES string of the molecule is CCCSSN(C(=O)c1ccc(CC)cc1)N(C(=O)c1cc(C)cc(C)c1)C(C)(C)C. The fourth-order valence-corrected chi connectivity index (χ4v) is 5.53. The molecule has 168 valence electrons. The number of hydrogen-bond donors (Lipinski definition) is 0. The van der Waals surface area contributed by atoms with Crippen LogP contribution in [0.3, 0.4) is 0 Å². The Morgan fingerprint density at radius 2 is 1.45 bits per heavy atom. The van der Waals surface area contributed by atoms with Gasteiger partial charge in [0.25, 0.3) is 11.8 Å². The highest BCUT2D eigenvalue weighted by molar-refractivity contribution is 8.75. The van der Waals surface area contributed by atoms with Crippen molar-refractivity contribution in [2.24, 2.45) is 0 Å². The van der Waals surface area contributed by atoms with Gasteiger partial charge in [-0.15, -0.1) is 0 Å². The summed E-state index contributed by atoms with van der Waals surface area (Å²) in [7, 11) is 2.91. The maximum atomic E-state index is 13.7. The average molecular weight is 459 g/mol. The van der Waals surface area contributed by atoms with Crippen LogP contribution in [-0.2, 0) is 6.42 Å². The summed E-state index contributed by atoms with van der Waals surface area (Å²) in [6.07, 6.45) is 1.91. The second-order valence-electron chi connectivity index (χ2n) is 8.69. The van der Waals surface area contributed by atoms with E-state index in [1.807, 2.05) is 77.1 Å². The molecule has 0 saturated heterocycles. The molecule has 0 bridgehead atoms. The van der Waals surface area contributed by atoms with Crippen LogP contribution in [0.25, 0.3) is 0 Å². The number of carbonyl (C=O) groups excluding carboxylic acids is 2. The summed E-state index contributed by atoms with van der Waals surface area (Å²) in [6.45, 7) is 14.0. The van der Waals surface area contributed by atoms with Crippen molar-refractivity contribution >= 4 is 33.6 Å². The molecule has 0 heterocycles. The van der Waals surface area contributed by atoms with Gasteiger partial charge in [-0.1, -0.05) is 54.0 Å². The molecule has 2 aromatic rings. The Bertz CT molecular complexity index is 884. The zero-order chi connectivity index (χ0) is 23.2. The van der Waals surface area contributed by atoms with Gasteiger partial charge < -0.3 is 0 Å². The molecule has 0 atom stereocenters. The number of rotatable bonds is 7. The molecule has 6 heteroatoms. The summed E-state index contributed by atoms with van der Waals surface area (Å²) in [5.41, 5.74) is 3.80. The third kappa shape index (κ3) is 6.78. The summed E-state index contributed by atoms with van der Waals surface area (Å²) >= 11 is 0. The topological polar surface area (TPSA) is 40.6 Å². The Morgan fingerprint density at radius 1 is 0.871 bits per heavy atom. The van der Waals surface area contributed by atoms with Gasteiger partial charge in [0.15, 0.2) is 0 Å². The zero-order valence-electron chi connectivity index (χ0n) is 19.7. The number of hydrazine groups is 1. The standard InChI is InChI=1S/C25H34N2O2S2/c1-8-14-30-31-27(24(29)21-12-10-20(9-2)11-13-21)26(25(5,6)7)23(28)22-16-18(3)15-19(4)17-22/h10-13,15-17H,8-9,14H2,1-7H3. The summed E-state index contributed by atoms with van der Waals surface area (Å²) in [5.74, 6) is 0.519. The molecule has 0 fully saturated rings. The lowest BCUT2D eigenvalue weighted by atomic mass is 10.0. The molecule has 2 aromatic carbocycles. The molecular formula is C25H34N2O2S2. The third-order valence-corrected chi connectivity index (χ3v) is 7.06. The van der Waals surface area contributed by atoms with E-state index in [0.29, 0.717) is 11.1 Å². The van der Waals surface area contributed by atoms with Crippen molar-refractivity contribution in [3.05, 3.63) is 70.3 Å². The average Bonchev–Trinajstić information content (AvgIpc) is 2.70. The minimum Gasteiger partial charge on any atom is -0.267 e. The van der Waals surface area contributed by atoms with E-state index in [-0.39, 0.29) is 11.8 Å². The highest BCUT2D eigenvalue weighted by Crippen LogP contribution is 2.35. The molecule has 31 heavy (non-hydrogen) atoms. The van der Waals surface area contributed by atoms with Crippen molar-refractivity contribution in [3.8, 4) is 0 Å². The van der Waals surface area contributed by atoms with E-state index in [0.717, 1.165) is 29.7 Å². The van der Waals surface area contributed by atoms with E-state index in [4.69, 9.17) is 0 Å². The fourth-order valence-electron chi connectivity index (χ4n) is 3.20. The van der Waals surface area contributed by atoms with Crippen molar-refractivity contribution < 1.29 is 9.59 Å². The summed E-state index contributed by atoms with van der Waals surface area (Å²) in [4.78, 5) is 27.3. The van der Waals surface area contributed by atoms with Crippen LogP contribution in [0.5, 0.6) is 0 Å². The van der Waals surface area contributed by atoms with Gasteiger partial charge in [-0.05, 0) is 77.3 Å². The lowest BCUT2D eigenvalue weighted by Crippen LogP contribution is -2.55. The minimum absolute atomic E-state index is 0.178. The van der Waals surface area contributed by atoms with Gasteiger partial charge in [-0.2, -0.15) is 4.41 Å². The molecule has 0 aromatic heterocycles. The van der Waals surface area contributed by atoms with Crippen molar-refractivity contribution in [2.75, 3.05) is 5.75 Å². The summed E-state index contributed by atoms with van der Waals surface area (Å²) < 4.78 is 1.54. The van der Waals surface area contributed by atoms with Crippen LogP contribution in [0, 0.1) is 13.8 Å². The van der Waals surface area contributed by atoms with Gasteiger partial charge in [0, 0.05) is 27.9 Å². The van der Waals surface area contributed by atoms with E-state index >= 15 is 0 Å². The van der Waals surface area contributed by atoms with E-state index in [1.165, 1.54) is 16.5 Å². The highest BCUT2D eigenvalue weighted by Gasteiger charge is 2.37. The van der Waals surface area contributed by atoms with E-state index < -0.39 is 5.54 Å². The molecule has 0 aliphatic rings. The van der Waals surface area contributed by atoms with Crippen molar-refractivity contribution in [1.82, 2.24) is 9.42 Å². The quantitative estimate of drug-likeness (QED) is 0.196. The van der Waals surface area contributed by atoms with Crippen molar-refractivity contribution in [3.63, 3.8) is 0 Å². The van der Waals surface area contributed by atoms with Crippen LogP contribution < -0.4 is 0 Å². The first-order valence-corrected chi connectivity index (χ1v) is 13.0. The molecule has 0 N–H and O–H groups in total. The molecule has 0 spiro atoms. The molecule has 0 aliphatic heterocycles. The summed E-state index contributed by atoms with van der Waals surface area (Å²) in [6, 6.07) is 13.5. The normalized spacial score (nSPS) is 11.3.